The summed E-state index contributed by atoms with van der Waals surface area (Å²) in [5, 5.41) is 12.4. The Bertz CT molecular complexity index is 4220. The summed E-state index contributed by atoms with van der Waals surface area (Å²) >= 11 is 0. The molecule has 0 saturated carbocycles. The van der Waals surface area contributed by atoms with E-state index in [0.29, 0.717) is 0 Å². The Morgan fingerprint density at radius 2 is 0.716 bits per heavy atom. The molecule has 1 unspecified atom stereocenters. The molecule has 2 heteroatoms. The summed E-state index contributed by atoms with van der Waals surface area (Å²) in [4.78, 5) is 5.12. The Balaban J connectivity index is 1.02. The smallest absolute Gasteiger partial charge is 0.0566 e. The van der Waals surface area contributed by atoms with Crippen LogP contribution in [-0.4, -0.2) is 6.04 Å². The van der Waals surface area contributed by atoms with E-state index in [2.05, 4.69) is 295 Å². The SMILES string of the molecule is C1=c2ccccc2=CC(N(c2cc(-c3ccccc3)cc(-c3ccccc3)c2)c2ccc3ccc4c(N(c5cc(-c6ccccc6)cc(-c6ccccc6)c5)c5ccc6ccccc6c5)ccc5ccc2c3c54)C1. The molecule has 0 amide bonds. The largest absolute Gasteiger partial charge is 0.334 e. The van der Waals surface area contributed by atoms with E-state index in [-0.39, 0.29) is 6.04 Å². The van der Waals surface area contributed by atoms with Gasteiger partial charge in [-0.3, -0.25) is 0 Å². The van der Waals surface area contributed by atoms with Crippen LogP contribution >= 0.6 is 0 Å². The second-order valence-corrected chi connectivity index (χ2v) is 19.6. The number of benzene rings is 13. The maximum absolute atomic E-state index is 2.62. The van der Waals surface area contributed by atoms with Crippen molar-refractivity contribution in [1.29, 1.82) is 0 Å². The van der Waals surface area contributed by atoms with Gasteiger partial charge < -0.3 is 9.80 Å². The standard InChI is InChI=1S/C72H50N2/c1-5-17-49(18-6-1)59-41-60(50-19-7-2-8-20-50)46-65(45-59)73(63-35-29-53-25-13-15-27-57(53)43-63)69-39-33-55-32-38-68-70(40-34-56-31-37-67(69)71(55)72(56)68)74(64-36-30-54-26-14-16-28-58(54)44-64)66-47-61(51-21-9-3-10-22-51)42-62(48-66)52-23-11-4-12-24-52/h1-35,37-48,64H,36H2. The number of rotatable bonds is 10. The lowest BCUT2D eigenvalue weighted by Gasteiger charge is -2.35. The molecule has 1 atom stereocenters. The molecule has 0 spiro atoms. The number of hydrogen-bond acceptors (Lipinski definition) is 2. The van der Waals surface area contributed by atoms with Gasteiger partial charge in [0.05, 0.1) is 11.7 Å². The maximum Gasteiger partial charge on any atom is 0.0566 e. The number of fused-ring (bicyclic) bond motifs is 2. The summed E-state index contributed by atoms with van der Waals surface area (Å²) in [5.41, 5.74) is 15.1. The number of hydrogen-bond donors (Lipinski definition) is 0. The van der Waals surface area contributed by atoms with Gasteiger partial charge in [0.2, 0.25) is 0 Å². The summed E-state index contributed by atoms with van der Waals surface area (Å²) in [5.74, 6) is 0. The lowest BCUT2D eigenvalue weighted by atomic mass is 9.90. The van der Waals surface area contributed by atoms with Gasteiger partial charge in [-0.1, -0.05) is 224 Å². The van der Waals surface area contributed by atoms with Gasteiger partial charge in [-0.25, -0.2) is 0 Å². The van der Waals surface area contributed by atoms with Gasteiger partial charge in [-0.2, -0.15) is 0 Å². The van der Waals surface area contributed by atoms with Crippen molar-refractivity contribution in [2.24, 2.45) is 0 Å². The Labute approximate surface area is 431 Å². The molecule has 74 heavy (non-hydrogen) atoms. The Morgan fingerprint density at radius 1 is 0.284 bits per heavy atom. The van der Waals surface area contributed by atoms with Crippen molar-refractivity contribution in [3.63, 3.8) is 0 Å². The van der Waals surface area contributed by atoms with E-state index in [0.717, 1.165) is 29.2 Å². The third kappa shape index (κ3) is 7.76. The minimum Gasteiger partial charge on any atom is -0.334 e. The molecule has 2 nitrogen and oxygen atoms in total. The molecule has 1 aliphatic carbocycles. The van der Waals surface area contributed by atoms with Crippen molar-refractivity contribution in [1.82, 2.24) is 0 Å². The summed E-state index contributed by atoms with van der Waals surface area (Å²) in [7, 11) is 0. The van der Waals surface area contributed by atoms with Crippen molar-refractivity contribution >= 4 is 83.7 Å². The molecule has 0 N–H and O–H groups in total. The van der Waals surface area contributed by atoms with Gasteiger partial charge in [-0.15, -0.1) is 0 Å². The van der Waals surface area contributed by atoms with E-state index in [1.807, 2.05) is 0 Å². The fourth-order valence-corrected chi connectivity index (χ4v) is 11.7. The average Bonchev–Trinajstić information content (AvgIpc) is 3.48. The van der Waals surface area contributed by atoms with Crippen LogP contribution in [0.3, 0.4) is 0 Å². The van der Waals surface area contributed by atoms with Crippen molar-refractivity contribution < 1.29 is 0 Å². The van der Waals surface area contributed by atoms with E-state index in [1.54, 1.807) is 0 Å². The third-order valence-electron chi connectivity index (χ3n) is 15.2. The molecule has 0 aromatic heterocycles. The highest BCUT2D eigenvalue weighted by Crippen LogP contribution is 2.49. The molecule has 0 radical (unpaired) electrons. The van der Waals surface area contributed by atoms with Crippen molar-refractivity contribution in [3.8, 4) is 44.5 Å². The highest BCUT2D eigenvalue weighted by Gasteiger charge is 2.26. The van der Waals surface area contributed by atoms with Gasteiger partial charge in [0.15, 0.2) is 0 Å². The maximum atomic E-state index is 2.62. The van der Waals surface area contributed by atoms with E-state index in [9.17, 15) is 0 Å². The molecule has 0 aliphatic heterocycles. The molecule has 0 fully saturated rings. The first kappa shape index (κ1) is 43.3. The third-order valence-corrected chi connectivity index (χ3v) is 15.2. The first-order valence-corrected chi connectivity index (χ1v) is 25.7. The van der Waals surface area contributed by atoms with Gasteiger partial charge in [0.1, 0.15) is 0 Å². The number of anilines is 5. The summed E-state index contributed by atoms with van der Waals surface area (Å²) in [6, 6.07) is 101. The van der Waals surface area contributed by atoms with Crippen molar-refractivity contribution in [2.45, 2.75) is 12.5 Å². The van der Waals surface area contributed by atoms with Gasteiger partial charge in [0.25, 0.3) is 0 Å². The molecule has 348 valence electrons. The normalized spacial score (nSPS) is 13.2. The molecule has 0 heterocycles. The van der Waals surface area contributed by atoms with Crippen molar-refractivity contribution in [2.75, 3.05) is 9.80 Å². The summed E-state index contributed by atoms with van der Waals surface area (Å²) in [6.45, 7) is 0. The van der Waals surface area contributed by atoms with Gasteiger partial charge in [-0.05, 0) is 154 Å². The average molecular weight is 943 g/mol. The van der Waals surface area contributed by atoms with Crippen LogP contribution in [0.1, 0.15) is 6.42 Å². The minimum atomic E-state index is 0.0488. The molecule has 13 aromatic carbocycles. The Hall–Kier alpha value is -9.50. The zero-order valence-electron chi connectivity index (χ0n) is 40.8. The molecule has 14 rings (SSSR count). The van der Waals surface area contributed by atoms with Gasteiger partial charge in [0, 0.05) is 33.5 Å². The molecule has 13 aromatic rings. The van der Waals surface area contributed by atoms with E-state index >= 15 is 0 Å². The molecular formula is C72H50N2. The quantitative estimate of drug-likeness (QED) is 0.126. The molecule has 0 saturated heterocycles. The van der Waals surface area contributed by atoms with Crippen LogP contribution in [0.25, 0.3) is 99.7 Å². The molecular weight excluding hydrogens is 893 g/mol. The van der Waals surface area contributed by atoms with E-state index in [1.165, 1.54) is 104 Å². The zero-order chi connectivity index (χ0) is 49.0. The van der Waals surface area contributed by atoms with Crippen LogP contribution in [-0.2, 0) is 0 Å². The topological polar surface area (TPSA) is 6.48 Å². The first-order chi connectivity index (χ1) is 36.7. The van der Waals surface area contributed by atoms with Crippen LogP contribution in [0, 0.1) is 0 Å². The van der Waals surface area contributed by atoms with Crippen LogP contribution in [0.2, 0.25) is 0 Å². The fraction of sp³-hybridized carbons (Fsp3) is 0.0278. The van der Waals surface area contributed by atoms with Crippen LogP contribution in [0.15, 0.2) is 273 Å². The summed E-state index contributed by atoms with van der Waals surface area (Å²) < 4.78 is 0. The van der Waals surface area contributed by atoms with E-state index in [4.69, 9.17) is 0 Å². The van der Waals surface area contributed by atoms with Gasteiger partial charge >= 0.3 is 0 Å². The highest BCUT2D eigenvalue weighted by molar-refractivity contribution is 6.28. The predicted molar refractivity (Wildman–Crippen MR) is 316 cm³/mol. The lowest BCUT2D eigenvalue weighted by molar-refractivity contribution is 0.840. The highest BCUT2D eigenvalue weighted by atomic mass is 15.2. The first-order valence-electron chi connectivity index (χ1n) is 25.7. The molecule has 1 aliphatic rings. The predicted octanol–water partition coefficient (Wildman–Crippen LogP) is 18.0. The zero-order valence-corrected chi connectivity index (χ0v) is 40.8. The number of nitrogens with zero attached hydrogens (tertiary/aromatic N) is 2. The molecule has 0 bridgehead atoms. The van der Waals surface area contributed by atoms with Crippen molar-refractivity contribution in [3.05, 3.63) is 283 Å². The van der Waals surface area contributed by atoms with Crippen LogP contribution in [0.5, 0.6) is 0 Å². The van der Waals surface area contributed by atoms with Crippen LogP contribution in [0.4, 0.5) is 28.4 Å². The van der Waals surface area contributed by atoms with E-state index < -0.39 is 0 Å². The Kier molecular flexibility index (Phi) is 10.7. The Morgan fingerprint density at radius 3 is 1.27 bits per heavy atom. The lowest BCUT2D eigenvalue weighted by Crippen LogP contribution is -2.37. The fourth-order valence-electron chi connectivity index (χ4n) is 11.7. The second-order valence-electron chi connectivity index (χ2n) is 19.6. The van der Waals surface area contributed by atoms with Crippen LogP contribution < -0.4 is 20.2 Å². The monoisotopic (exact) mass is 942 g/mol. The minimum absolute atomic E-state index is 0.0488. The summed E-state index contributed by atoms with van der Waals surface area (Å²) in [6.07, 6.45) is 5.77. The second kappa shape index (κ2) is 18.3.